The monoisotopic (exact) mass is 468 g/mol. The molecule has 0 atom stereocenters. The van der Waals surface area contributed by atoms with Gasteiger partial charge in [0.05, 0.1) is 16.1 Å². The van der Waals surface area contributed by atoms with Gasteiger partial charge < -0.3 is 5.32 Å². The quantitative estimate of drug-likeness (QED) is 0.362. The number of hydrogen-bond acceptors (Lipinski definition) is 6. The molecule has 0 radical (unpaired) electrons. The minimum absolute atomic E-state index is 0.237. The van der Waals surface area contributed by atoms with Crippen LogP contribution in [0.2, 0.25) is 0 Å². The number of para-hydroxylation sites is 2. The van der Waals surface area contributed by atoms with Gasteiger partial charge in [-0.1, -0.05) is 36.4 Å². The van der Waals surface area contributed by atoms with E-state index in [2.05, 4.69) is 33.2 Å². The predicted octanol–water partition coefficient (Wildman–Crippen LogP) is 4.02. The van der Waals surface area contributed by atoms with Gasteiger partial charge in [-0.15, -0.1) is 0 Å². The van der Waals surface area contributed by atoms with Crippen molar-refractivity contribution < 1.29 is 13.3 Å². The van der Waals surface area contributed by atoms with Crippen molar-refractivity contribution in [1.82, 2.24) is 15.0 Å². The van der Waals surface area contributed by atoms with Crippen LogP contribution in [0.5, 0.6) is 0 Å². The molecular weight excluding hydrogens is 440 g/mol. The van der Waals surface area contributed by atoms with Crippen LogP contribution in [0.15, 0.2) is 65.6 Å². The summed E-state index contributed by atoms with van der Waals surface area (Å²) < 4.78 is 27.8. The maximum absolute atomic E-state index is 12.6. The van der Waals surface area contributed by atoms with Crippen LogP contribution < -0.4 is 10.0 Å². The van der Waals surface area contributed by atoms with Crippen molar-refractivity contribution in [3.8, 4) is 0 Å². The van der Waals surface area contributed by atoms with E-state index >= 15 is 0 Å². The Labute approximate surface area is 193 Å². The van der Waals surface area contributed by atoms with Gasteiger partial charge in [0.25, 0.3) is 5.69 Å². The zero-order valence-electron chi connectivity index (χ0n) is 18.3. The second-order valence-corrected chi connectivity index (χ2v) is 10.3. The van der Waals surface area contributed by atoms with E-state index in [0.29, 0.717) is 12.5 Å². The van der Waals surface area contributed by atoms with Gasteiger partial charge in [0.2, 0.25) is 10.0 Å². The van der Waals surface area contributed by atoms with E-state index in [4.69, 9.17) is 0 Å². The summed E-state index contributed by atoms with van der Waals surface area (Å²) in [6, 6.07) is 17.7. The molecule has 1 saturated carbocycles. The first-order chi connectivity index (χ1) is 15.9. The van der Waals surface area contributed by atoms with Crippen LogP contribution in [0, 0.1) is 22.0 Å². The van der Waals surface area contributed by atoms with Gasteiger partial charge in [-0.05, 0) is 62.3 Å². The van der Waals surface area contributed by atoms with Crippen LogP contribution >= 0.6 is 0 Å². The number of fused-ring (bicyclic) bond motifs is 1. The van der Waals surface area contributed by atoms with Gasteiger partial charge in [-0.25, -0.2) is 13.1 Å². The number of hydrogen-bond donors (Lipinski definition) is 2. The van der Waals surface area contributed by atoms with Crippen molar-refractivity contribution in [1.29, 1.82) is 0 Å². The number of rotatable bonds is 9. The molecule has 1 fully saturated rings. The Morgan fingerprint density at radius 1 is 0.909 bits per heavy atom. The number of pyridine rings is 1. The third kappa shape index (κ3) is 5.93. The van der Waals surface area contributed by atoms with Crippen molar-refractivity contribution in [3.05, 3.63) is 76.5 Å². The van der Waals surface area contributed by atoms with Crippen LogP contribution in [0.4, 0.5) is 5.69 Å². The Bertz CT molecular complexity index is 1220. The number of sulfonamides is 1. The maximum atomic E-state index is 12.6. The Kier molecular flexibility index (Phi) is 7.32. The van der Waals surface area contributed by atoms with Crippen LogP contribution in [-0.4, -0.2) is 31.4 Å². The van der Waals surface area contributed by atoms with Crippen molar-refractivity contribution in [3.63, 3.8) is 0 Å². The number of nitrogens with one attached hydrogen (secondary N) is 2. The van der Waals surface area contributed by atoms with Crippen molar-refractivity contribution in [2.24, 2.45) is 11.8 Å². The lowest BCUT2D eigenvalue weighted by Gasteiger charge is -2.28. The van der Waals surface area contributed by atoms with E-state index in [1.54, 1.807) is 0 Å². The highest BCUT2D eigenvalue weighted by Crippen LogP contribution is 2.29. The summed E-state index contributed by atoms with van der Waals surface area (Å²) in [6.45, 7) is 1.93. The average molecular weight is 469 g/mol. The topological polar surface area (TPSA) is 114 Å². The molecule has 4 rings (SSSR count). The summed E-state index contributed by atoms with van der Waals surface area (Å²) in [4.78, 5) is 14.9. The fraction of sp³-hybridized carbons (Fsp3) is 0.375. The molecule has 174 valence electrons. The van der Waals surface area contributed by atoms with Crippen LogP contribution in [0.25, 0.3) is 10.9 Å². The van der Waals surface area contributed by atoms with Gasteiger partial charge >= 0.3 is 0 Å². The summed E-state index contributed by atoms with van der Waals surface area (Å²) in [5.74, 6) is 0.787. The molecule has 1 aliphatic rings. The van der Waals surface area contributed by atoms with E-state index in [1.807, 2.05) is 18.2 Å². The fourth-order valence-corrected chi connectivity index (χ4v) is 5.68. The zero-order chi connectivity index (χ0) is 23.3. The molecule has 3 aromatic rings. The minimum atomic E-state index is -3.92. The molecule has 0 amide bonds. The van der Waals surface area contributed by atoms with Crippen molar-refractivity contribution in [2.75, 3.05) is 13.1 Å². The highest BCUT2D eigenvalue weighted by Gasteiger charge is 2.27. The van der Waals surface area contributed by atoms with E-state index in [0.717, 1.165) is 55.4 Å². The normalized spacial score (nSPS) is 18.9. The van der Waals surface area contributed by atoms with E-state index < -0.39 is 20.6 Å². The SMILES string of the molecule is O=[N+]([O-])c1ccccc1S(=O)(=O)NCC1CCC(CNCc2ccc3ccccc3n2)CC1. The Morgan fingerprint density at radius 3 is 2.33 bits per heavy atom. The second-order valence-electron chi connectivity index (χ2n) is 8.59. The predicted molar refractivity (Wildman–Crippen MR) is 127 cm³/mol. The Hall–Kier alpha value is -2.88. The van der Waals surface area contributed by atoms with Crippen LogP contribution in [0.1, 0.15) is 31.4 Å². The number of aromatic nitrogens is 1. The number of nitro benzene ring substituents is 1. The molecule has 1 aliphatic carbocycles. The second kappa shape index (κ2) is 10.4. The molecule has 1 heterocycles. The van der Waals surface area contributed by atoms with Gasteiger partial charge in [-0.3, -0.25) is 15.1 Å². The molecule has 0 spiro atoms. The van der Waals surface area contributed by atoms with Gasteiger partial charge in [-0.2, -0.15) is 0 Å². The van der Waals surface area contributed by atoms with Gasteiger partial charge in [0.15, 0.2) is 4.90 Å². The lowest BCUT2D eigenvalue weighted by molar-refractivity contribution is -0.387. The van der Waals surface area contributed by atoms with Gasteiger partial charge in [0.1, 0.15) is 0 Å². The lowest BCUT2D eigenvalue weighted by Crippen LogP contribution is -2.33. The molecule has 2 N–H and O–H groups in total. The number of nitro groups is 1. The van der Waals surface area contributed by atoms with E-state index in [9.17, 15) is 18.5 Å². The molecule has 0 bridgehead atoms. The van der Waals surface area contributed by atoms with E-state index in [-0.39, 0.29) is 10.8 Å². The highest BCUT2D eigenvalue weighted by molar-refractivity contribution is 7.89. The Morgan fingerprint density at radius 2 is 1.58 bits per heavy atom. The molecule has 0 unspecified atom stereocenters. The number of nitrogens with zero attached hydrogens (tertiary/aromatic N) is 2. The van der Waals surface area contributed by atoms with Crippen LogP contribution in [0.3, 0.4) is 0 Å². The lowest BCUT2D eigenvalue weighted by atomic mass is 9.82. The summed E-state index contributed by atoms with van der Waals surface area (Å²) in [6.07, 6.45) is 3.91. The molecule has 0 saturated heterocycles. The first-order valence-corrected chi connectivity index (χ1v) is 12.7. The highest BCUT2D eigenvalue weighted by atomic mass is 32.2. The molecule has 1 aromatic heterocycles. The first-order valence-electron chi connectivity index (χ1n) is 11.2. The number of benzene rings is 2. The molecule has 0 aliphatic heterocycles. The van der Waals surface area contributed by atoms with Gasteiger partial charge in [0, 0.05) is 24.5 Å². The first kappa shape index (κ1) is 23.3. The summed E-state index contributed by atoms with van der Waals surface area (Å²) >= 11 is 0. The summed E-state index contributed by atoms with van der Waals surface area (Å²) in [5, 5.41) is 15.8. The summed E-state index contributed by atoms with van der Waals surface area (Å²) in [5.41, 5.74) is 1.62. The van der Waals surface area contributed by atoms with E-state index in [1.165, 1.54) is 24.3 Å². The summed E-state index contributed by atoms with van der Waals surface area (Å²) in [7, 11) is -3.92. The average Bonchev–Trinajstić information content (AvgIpc) is 2.83. The molecular formula is C24H28N4O4S. The van der Waals surface area contributed by atoms with Crippen molar-refractivity contribution in [2.45, 2.75) is 37.1 Å². The largest absolute Gasteiger partial charge is 0.311 e. The zero-order valence-corrected chi connectivity index (χ0v) is 19.1. The molecule has 33 heavy (non-hydrogen) atoms. The Balaban J connectivity index is 1.22. The third-order valence-electron chi connectivity index (χ3n) is 6.28. The maximum Gasteiger partial charge on any atom is 0.289 e. The standard InChI is InChI=1S/C24H28N4O4S/c29-28(30)23-7-3-4-8-24(23)33(31,32)26-16-19-11-9-18(10-12-19)15-25-17-21-14-13-20-5-1-2-6-22(20)27-21/h1-8,13-14,18-19,25-26H,9-12,15-17H2. The molecule has 2 aromatic carbocycles. The minimum Gasteiger partial charge on any atom is -0.311 e. The van der Waals surface area contributed by atoms with Crippen LogP contribution in [-0.2, 0) is 16.6 Å². The smallest absolute Gasteiger partial charge is 0.289 e. The molecule has 9 heteroatoms. The molecule has 8 nitrogen and oxygen atoms in total. The fourth-order valence-electron chi connectivity index (χ4n) is 4.39. The third-order valence-corrected chi connectivity index (χ3v) is 7.75. The van der Waals surface area contributed by atoms with Crippen molar-refractivity contribution >= 4 is 26.6 Å².